The second kappa shape index (κ2) is 6.48. The zero-order chi connectivity index (χ0) is 12.8. The molecule has 0 unspecified atom stereocenters. The number of nitrogens with zero attached hydrogens (tertiary/aromatic N) is 1. The van der Waals surface area contributed by atoms with Crippen molar-refractivity contribution in [3.05, 3.63) is 0 Å². The van der Waals surface area contributed by atoms with E-state index < -0.39 is 5.60 Å². The summed E-state index contributed by atoms with van der Waals surface area (Å²) in [6.45, 7) is 4.06. The van der Waals surface area contributed by atoms with E-state index in [0.29, 0.717) is 13.0 Å². The van der Waals surface area contributed by atoms with Crippen LogP contribution < -0.4 is 0 Å². The highest BCUT2D eigenvalue weighted by Gasteiger charge is 2.23. The zero-order valence-electron chi connectivity index (χ0n) is 10.7. The molecule has 94 valence electrons. The standard InChI is InChI=1S/C11H21NO4/c1-11(2,16-5)8-9(13)12(3)7-6-10(14)15-4/h6-8H2,1-5H3. The number of carbonyl (C=O) groups excluding carboxylic acids is 2. The van der Waals surface area contributed by atoms with Crippen LogP contribution in [0.2, 0.25) is 0 Å². The first-order valence-corrected chi connectivity index (χ1v) is 5.18. The highest BCUT2D eigenvalue weighted by Crippen LogP contribution is 2.14. The summed E-state index contributed by atoms with van der Waals surface area (Å²) in [4.78, 5) is 24.1. The zero-order valence-corrected chi connectivity index (χ0v) is 10.7. The first kappa shape index (κ1) is 14.9. The average molecular weight is 231 g/mol. The van der Waals surface area contributed by atoms with Crippen LogP contribution in [0.3, 0.4) is 0 Å². The Morgan fingerprint density at radius 1 is 1.25 bits per heavy atom. The van der Waals surface area contributed by atoms with Crippen LogP contribution in [0.5, 0.6) is 0 Å². The van der Waals surface area contributed by atoms with Gasteiger partial charge in [-0.05, 0) is 13.8 Å². The quantitative estimate of drug-likeness (QED) is 0.635. The van der Waals surface area contributed by atoms with Crippen molar-refractivity contribution in [1.29, 1.82) is 0 Å². The van der Waals surface area contributed by atoms with E-state index in [1.54, 1.807) is 14.2 Å². The molecule has 0 aliphatic rings. The summed E-state index contributed by atoms with van der Waals surface area (Å²) in [6, 6.07) is 0. The molecule has 5 nitrogen and oxygen atoms in total. The molecule has 0 aromatic carbocycles. The third kappa shape index (κ3) is 5.70. The van der Waals surface area contributed by atoms with Gasteiger partial charge in [-0.1, -0.05) is 0 Å². The Balaban J connectivity index is 4.05. The lowest BCUT2D eigenvalue weighted by atomic mass is 10.0. The molecule has 0 fully saturated rings. The minimum atomic E-state index is -0.476. The fraction of sp³-hybridized carbons (Fsp3) is 0.818. The normalized spacial score (nSPS) is 11.1. The van der Waals surface area contributed by atoms with Gasteiger partial charge in [0.25, 0.3) is 0 Å². The molecule has 0 saturated carbocycles. The van der Waals surface area contributed by atoms with Gasteiger partial charge in [-0.15, -0.1) is 0 Å². The van der Waals surface area contributed by atoms with Crippen LogP contribution >= 0.6 is 0 Å². The number of hydrogen-bond acceptors (Lipinski definition) is 4. The maximum Gasteiger partial charge on any atom is 0.307 e. The van der Waals surface area contributed by atoms with Crippen molar-refractivity contribution in [1.82, 2.24) is 4.90 Å². The van der Waals surface area contributed by atoms with E-state index >= 15 is 0 Å². The second-order valence-electron chi connectivity index (χ2n) is 4.28. The van der Waals surface area contributed by atoms with Crippen LogP contribution in [-0.2, 0) is 19.1 Å². The molecular formula is C11H21NO4. The second-order valence-corrected chi connectivity index (χ2v) is 4.28. The number of ether oxygens (including phenoxy) is 2. The van der Waals surface area contributed by atoms with Crippen LogP contribution in [0.15, 0.2) is 0 Å². The molecule has 0 radical (unpaired) electrons. The van der Waals surface area contributed by atoms with Crippen molar-refractivity contribution in [2.24, 2.45) is 0 Å². The van der Waals surface area contributed by atoms with Crippen LogP contribution in [0.25, 0.3) is 0 Å². The molecule has 0 aliphatic carbocycles. The first-order valence-electron chi connectivity index (χ1n) is 5.18. The van der Waals surface area contributed by atoms with Gasteiger partial charge < -0.3 is 14.4 Å². The molecule has 0 heterocycles. The Hall–Kier alpha value is -1.10. The van der Waals surface area contributed by atoms with Crippen LogP contribution in [-0.4, -0.2) is 50.2 Å². The molecule has 0 saturated heterocycles. The summed E-state index contributed by atoms with van der Waals surface area (Å²) in [7, 11) is 4.57. The largest absolute Gasteiger partial charge is 0.469 e. The molecule has 0 rings (SSSR count). The van der Waals surface area contributed by atoms with E-state index in [-0.39, 0.29) is 18.3 Å². The van der Waals surface area contributed by atoms with Gasteiger partial charge >= 0.3 is 5.97 Å². The topological polar surface area (TPSA) is 55.8 Å². The van der Waals surface area contributed by atoms with Gasteiger partial charge in [0, 0.05) is 20.7 Å². The van der Waals surface area contributed by atoms with E-state index in [2.05, 4.69) is 4.74 Å². The third-order valence-corrected chi connectivity index (χ3v) is 2.43. The molecule has 0 aromatic heterocycles. The predicted octanol–water partition coefficient (Wildman–Crippen LogP) is 0.823. The third-order valence-electron chi connectivity index (χ3n) is 2.43. The predicted molar refractivity (Wildman–Crippen MR) is 60.0 cm³/mol. The lowest BCUT2D eigenvalue weighted by Gasteiger charge is -2.25. The number of carbonyl (C=O) groups is 2. The number of hydrogen-bond donors (Lipinski definition) is 0. The molecule has 1 amide bonds. The molecule has 0 aliphatic heterocycles. The molecule has 0 spiro atoms. The number of esters is 1. The van der Waals surface area contributed by atoms with Gasteiger partial charge in [0.1, 0.15) is 0 Å². The minimum Gasteiger partial charge on any atom is -0.469 e. The lowest BCUT2D eigenvalue weighted by molar-refractivity contribution is -0.142. The van der Waals surface area contributed by atoms with Gasteiger partial charge in [0.15, 0.2) is 0 Å². The molecule has 0 bridgehead atoms. The van der Waals surface area contributed by atoms with E-state index in [4.69, 9.17) is 4.74 Å². The molecule has 5 heteroatoms. The summed E-state index contributed by atoms with van der Waals surface area (Å²) < 4.78 is 9.67. The summed E-state index contributed by atoms with van der Waals surface area (Å²) in [5.74, 6) is -0.360. The SMILES string of the molecule is COC(=O)CCN(C)C(=O)CC(C)(C)OC. The van der Waals surface area contributed by atoms with Crippen molar-refractivity contribution in [3.63, 3.8) is 0 Å². The van der Waals surface area contributed by atoms with E-state index in [9.17, 15) is 9.59 Å². The molecule has 16 heavy (non-hydrogen) atoms. The van der Waals surface area contributed by atoms with Gasteiger partial charge in [-0.3, -0.25) is 9.59 Å². The molecule has 0 atom stereocenters. The Kier molecular flexibility index (Phi) is 6.03. The van der Waals surface area contributed by atoms with Crippen molar-refractivity contribution in [2.45, 2.75) is 32.3 Å². The maximum atomic E-state index is 11.7. The molecular weight excluding hydrogens is 210 g/mol. The van der Waals surface area contributed by atoms with Crippen molar-refractivity contribution >= 4 is 11.9 Å². The Labute approximate surface area is 96.7 Å². The smallest absolute Gasteiger partial charge is 0.307 e. The van der Waals surface area contributed by atoms with E-state index in [0.717, 1.165) is 0 Å². The monoisotopic (exact) mass is 231 g/mol. The first-order chi connectivity index (χ1) is 7.32. The lowest BCUT2D eigenvalue weighted by Crippen LogP contribution is -2.36. The van der Waals surface area contributed by atoms with Gasteiger partial charge in [-0.2, -0.15) is 0 Å². The highest BCUT2D eigenvalue weighted by atomic mass is 16.5. The van der Waals surface area contributed by atoms with Gasteiger partial charge in [0.2, 0.25) is 5.91 Å². The highest BCUT2D eigenvalue weighted by molar-refractivity contribution is 5.77. The average Bonchev–Trinajstić information content (AvgIpc) is 2.24. The van der Waals surface area contributed by atoms with Crippen LogP contribution in [0, 0.1) is 0 Å². The molecule has 0 aromatic rings. The Morgan fingerprint density at radius 2 is 1.81 bits per heavy atom. The number of rotatable bonds is 6. The summed E-state index contributed by atoms with van der Waals surface area (Å²) in [5, 5.41) is 0. The van der Waals surface area contributed by atoms with Crippen molar-refractivity contribution in [3.8, 4) is 0 Å². The summed E-state index contributed by atoms with van der Waals surface area (Å²) >= 11 is 0. The van der Waals surface area contributed by atoms with Crippen LogP contribution in [0.1, 0.15) is 26.7 Å². The fourth-order valence-electron chi connectivity index (χ4n) is 1.06. The van der Waals surface area contributed by atoms with E-state index in [1.165, 1.54) is 12.0 Å². The minimum absolute atomic E-state index is 0.0456. The molecule has 0 N–H and O–H groups in total. The Bertz CT molecular complexity index is 250. The van der Waals surface area contributed by atoms with Gasteiger partial charge in [-0.25, -0.2) is 0 Å². The number of amides is 1. The number of methoxy groups -OCH3 is 2. The Morgan fingerprint density at radius 3 is 2.25 bits per heavy atom. The van der Waals surface area contributed by atoms with Crippen LogP contribution in [0.4, 0.5) is 0 Å². The summed E-state index contributed by atoms with van der Waals surface area (Å²) in [5.41, 5.74) is -0.476. The van der Waals surface area contributed by atoms with Crippen molar-refractivity contribution in [2.75, 3.05) is 27.8 Å². The van der Waals surface area contributed by atoms with Gasteiger partial charge in [0.05, 0.1) is 25.6 Å². The maximum absolute atomic E-state index is 11.7. The summed E-state index contributed by atoms with van der Waals surface area (Å²) in [6.07, 6.45) is 0.507. The fourth-order valence-corrected chi connectivity index (χ4v) is 1.06. The van der Waals surface area contributed by atoms with Crippen molar-refractivity contribution < 1.29 is 19.1 Å². The van der Waals surface area contributed by atoms with E-state index in [1.807, 2.05) is 13.8 Å².